The zero-order valence-corrected chi connectivity index (χ0v) is 21.6. The first-order chi connectivity index (χ1) is 19.4. The second-order valence-electron chi connectivity index (χ2n) is 8.71. The molecule has 40 heavy (non-hydrogen) atoms. The smallest absolute Gasteiger partial charge is 0.491 e. The fraction of sp³-hybridized carbons (Fsp3) is 0.370. The Hall–Kier alpha value is -3.94. The second-order valence-corrected chi connectivity index (χ2v) is 8.71. The molecule has 0 amide bonds. The fourth-order valence-corrected chi connectivity index (χ4v) is 3.94. The molecule has 0 atom stereocenters. The van der Waals surface area contributed by atoms with Crippen LogP contribution in [0.15, 0.2) is 55.0 Å². The number of aliphatic hydroxyl groups excluding tert-OH is 1. The largest absolute Gasteiger partial charge is 0.573 e. The summed E-state index contributed by atoms with van der Waals surface area (Å²) in [4.78, 5) is 0. The van der Waals surface area contributed by atoms with Crippen LogP contribution in [-0.2, 0) is 11.3 Å². The summed E-state index contributed by atoms with van der Waals surface area (Å²) in [6.45, 7) is 2.02. The molecule has 0 bridgehead atoms. The SMILES string of the molecule is OCCOc1cc(CNCCCCOCCOc2cc(-c3ccnnc3)cc3[nH]ncc23)cc(OC(F)(F)F)c1. The molecular weight excluding hydrogens is 531 g/mol. The Kier molecular flexibility index (Phi) is 10.5. The van der Waals surface area contributed by atoms with Crippen LogP contribution in [0.1, 0.15) is 18.4 Å². The number of unbranched alkanes of at least 4 members (excludes halogenated alkanes) is 1. The van der Waals surface area contributed by atoms with Gasteiger partial charge in [-0.1, -0.05) is 0 Å². The molecule has 0 radical (unpaired) electrons. The molecule has 4 rings (SSSR count). The van der Waals surface area contributed by atoms with E-state index in [1.165, 1.54) is 6.07 Å². The van der Waals surface area contributed by atoms with Crippen LogP contribution in [0.4, 0.5) is 13.2 Å². The standard InChI is InChI=1S/C27H30F3N5O5/c28-27(29,30)40-23-12-19(11-22(15-23)38-8-6-36)16-31-4-1-2-7-37-9-10-39-26-14-21(20-3-5-32-33-17-20)13-25-24(26)18-34-35-25/h3,5,11-15,17-18,31,36H,1-2,4,6-10,16H2,(H,34,35). The molecule has 0 aliphatic carbocycles. The number of rotatable bonds is 16. The molecule has 0 unspecified atom stereocenters. The van der Waals surface area contributed by atoms with Gasteiger partial charge in [0.15, 0.2) is 0 Å². The number of aliphatic hydroxyl groups is 1. The van der Waals surface area contributed by atoms with Crippen molar-refractivity contribution in [3.05, 3.63) is 60.6 Å². The fourth-order valence-electron chi connectivity index (χ4n) is 3.94. The molecule has 2 aromatic carbocycles. The topological polar surface area (TPSA) is 124 Å². The van der Waals surface area contributed by atoms with E-state index in [0.29, 0.717) is 44.2 Å². The van der Waals surface area contributed by atoms with Gasteiger partial charge < -0.3 is 29.4 Å². The van der Waals surface area contributed by atoms with Crippen LogP contribution in [0.25, 0.3) is 22.0 Å². The summed E-state index contributed by atoms with van der Waals surface area (Å²) in [6.07, 6.45) is 1.84. The lowest BCUT2D eigenvalue weighted by atomic mass is 10.1. The number of aromatic nitrogens is 4. The quantitative estimate of drug-likeness (QED) is 0.172. The van der Waals surface area contributed by atoms with Crippen LogP contribution in [0.3, 0.4) is 0 Å². The monoisotopic (exact) mass is 561 g/mol. The predicted octanol–water partition coefficient (Wildman–Crippen LogP) is 4.26. The zero-order valence-electron chi connectivity index (χ0n) is 21.6. The summed E-state index contributed by atoms with van der Waals surface area (Å²) in [5, 5.41) is 27.8. The summed E-state index contributed by atoms with van der Waals surface area (Å²) in [5.41, 5.74) is 3.27. The van der Waals surface area contributed by atoms with Crippen molar-refractivity contribution in [3.8, 4) is 28.4 Å². The van der Waals surface area contributed by atoms with Crippen molar-refractivity contribution in [1.29, 1.82) is 0 Å². The predicted molar refractivity (Wildman–Crippen MR) is 140 cm³/mol. The molecule has 3 N–H and O–H groups in total. The van der Waals surface area contributed by atoms with Gasteiger partial charge in [-0.15, -0.1) is 13.2 Å². The van der Waals surface area contributed by atoms with Crippen LogP contribution < -0.4 is 19.5 Å². The van der Waals surface area contributed by atoms with E-state index in [2.05, 4.69) is 30.4 Å². The van der Waals surface area contributed by atoms with Crippen LogP contribution in [0, 0.1) is 0 Å². The van der Waals surface area contributed by atoms with Gasteiger partial charge >= 0.3 is 6.36 Å². The number of hydrogen-bond donors (Lipinski definition) is 3. The van der Waals surface area contributed by atoms with Crippen LogP contribution in [-0.4, -0.2) is 71.4 Å². The van der Waals surface area contributed by atoms with E-state index in [4.69, 9.17) is 19.3 Å². The molecule has 214 valence electrons. The first kappa shape index (κ1) is 29.1. The van der Waals surface area contributed by atoms with Crippen molar-refractivity contribution in [1.82, 2.24) is 25.7 Å². The first-order valence-electron chi connectivity index (χ1n) is 12.7. The summed E-state index contributed by atoms with van der Waals surface area (Å²) >= 11 is 0. The third kappa shape index (κ3) is 9.07. The van der Waals surface area contributed by atoms with Gasteiger partial charge in [0.25, 0.3) is 0 Å². The van der Waals surface area contributed by atoms with Crippen molar-refractivity contribution in [2.75, 3.05) is 39.6 Å². The van der Waals surface area contributed by atoms with Gasteiger partial charge in [-0.05, 0) is 60.8 Å². The molecule has 0 saturated heterocycles. The van der Waals surface area contributed by atoms with Crippen LogP contribution >= 0.6 is 0 Å². The second kappa shape index (κ2) is 14.4. The van der Waals surface area contributed by atoms with E-state index in [9.17, 15) is 13.2 Å². The highest BCUT2D eigenvalue weighted by Crippen LogP contribution is 2.31. The molecule has 0 aliphatic rings. The molecule has 13 heteroatoms. The van der Waals surface area contributed by atoms with Crippen molar-refractivity contribution in [2.24, 2.45) is 0 Å². The van der Waals surface area contributed by atoms with E-state index >= 15 is 0 Å². The van der Waals surface area contributed by atoms with Gasteiger partial charge in [-0.25, -0.2) is 0 Å². The maximum Gasteiger partial charge on any atom is 0.573 e. The molecule has 10 nitrogen and oxygen atoms in total. The number of nitrogens with zero attached hydrogens (tertiary/aromatic N) is 3. The lowest BCUT2D eigenvalue weighted by molar-refractivity contribution is -0.274. The number of halogens is 3. The average Bonchev–Trinajstić information content (AvgIpc) is 3.41. The van der Waals surface area contributed by atoms with E-state index in [1.54, 1.807) is 24.7 Å². The molecule has 2 aromatic heterocycles. The molecule has 0 spiro atoms. The van der Waals surface area contributed by atoms with Gasteiger partial charge in [0.05, 0.1) is 42.7 Å². The number of H-pyrrole nitrogens is 1. The maximum atomic E-state index is 12.6. The Balaban J connectivity index is 1.15. The van der Waals surface area contributed by atoms with Gasteiger partial charge in [-0.2, -0.15) is 15.3 Å². The van der Waals surface area contributed by atoms with Crippen LogP contribution in [0.2, 0.25) is 0 Å². The van der Waals surface area contributed by atoms with Gasteiger partial charge in [0.1, 0.15) is 30.5 Å². The normalized spacial score (nSPS) is 11.6. The first-order valence-corrected chi connectivity index (χ1v) is 12.7. The van der Waals surface area contributed by atoms with Crippen molar-refractivity contribution >= 4 is 10.9 Å². The number of alkyl halides is 3. The molecule has 0 saturated carbocycles. The number of aromatic amines is 1. The van der Waals surface area contributed by atoms with Crippen molar-refractivity contribution in [2.45, 2.75) is 25.7 Å². The highest BCUT2D eigenvalue weighted by molar-refractivity contribution is 5.89. The highest BCUT2D eigenvalue weighted by atomic mass is 19.4. The van der Waals surface area contributed by atoms with Gasteiger partial charge in [-0.3, -0.25) is 5.10 Å². The lowest BCUT2D eigenvalue weighted by Gasteiger charge is -2.13. The summed E-state index contributed by atoms with van der Waals surface area (Å²) < 4.78 is 58.8. The van der Waals surface area contributed by atoms with E-state index in [-0.39, 0.29) is 24.7 Å². The maximum absolute atomic E-state index is 12.6. The summed E-state index contributed by atoms with van der Waals surface area (Å²) in [5.74, 6) is 0.517. The Morgan fingerprint density at radius 3 is 2.55 bits per heavy atom. The Bertz CT molecular complexity index is 1340. The minimum Gasteiger partial charge on any atom is -0.491 e. The Morgan fingerprint density at radius 2 is 1.75 bits per heavy atom. The number of nitrogens with one attached hydrogen (secondary N) is 2. The van der Waals surface area contributed by atoms with Gasteiger partial charge in [0.2, 0.25) is 0 Å². The van der Waals surface area contributed by atoms with Crippen molar-refractivity contribution < 1.29 is 37.2 Å². The minimum atomic E-state index is -4.81. The van der Waals surface area contributed by atoms with E-state index in [0.717, 1.165) is 40.9 Å². The number of ether oxygens (including phenoxy) is 4. The molecular formula is C27H30F3N5O5. The molecule has 2 heterocycles. The Morgan fingerprint density at radius 1 is 0.875 bits per heavy atom. The minimum absolute atomic E-state index is 0.0310. The zero-order chi connectivity index (χ0) is 28.2. The average molecular weight is 562 g/mol. The Labute approximate surface area is 228 Å². The number of hydrogen-bond acceptors (Lipinski definition) is 9. The highest BCUT2D eigenvalue weighted by Gasteiger charge is 2.31. The van der Waals surface area contributed by atoms with E-state index in [1.807, 2.05) is 18.2 Å². The third-order valence-corrected chi connectivity index (χ3v) is 5.68. The number of fused-ring (bicyclic) bond motifs is 1. The van der Waals surface area contributed by atoms with Crippen LogP contribution in [0.5, 0.6) is 17.2 Å². The molecule has 4 aromatic rings. The third-order valence-electron chi connectivity index (χ3n) is 5.68. The summed E-state index contributed by atoms with van der Waals surface area (Å²) in [6, 6.07) is 9.84. The van der Waals surface area contributed by atoms with Gasteiger partial charge in [0, 0.05) is 24.8 Å². The summed E-state index contributed by atoms with van der Waals surface area (Å²) in [7, 11) is 0. The molecule has 0 fully saturated rings. The lowest BCUT2D eigenvalue weighted by Crippen LogP contribution is -2.18. The van der Waals surface area contributed by atoms with Crippen molar-refractivity contribution in [3.63, 3.8) is 0 Å². The number of benzene rings is 2. The van der Waals surface area contributed by atoms with E-state index < -0.39 is 6.36 Å². The molecule has 0 aliphatic heterocycles.